The zero-order valence-electron chi connectivity index (χ0n) is 24.5. The molecule has 5 rings (SSSR count). The molecule has 2 heterocycles. The van der Waals surface area contributed by atoms with Gasteiger partial charge in [0, 0.05) is 37.7 Å². The van der Waals surface area contributed by atoms with Crippen LogP contribution in [-0.2, 0) is 14.9 Å². The highest BCUT2D eigenvalue weighted by Crippen LogP contribution is 2.53. The summed E-state index contributed by atoms with van der Waals surface area (Å²) in [5, 5.41) is 20.1. The number of unbranched alkanes of at least 4 members (excludes halogenated alkanes) is 1. The van der Waals surface area contributed by atoms with Gasteiger partial charge in [-0.2, -0.15) is 10.5 Å². The van der Waals surface area contributed by atoms with E-state index in [9.17, 15) is 10.1 Å². The molecule has 2 aromatic carbocycles. The van der Waals surface area contributed by atoms with E-state index >= 15 is 0 Å². The smallest absolute Gasteiger partial charge is 0.305 e. The first kappa shape index (κ1) is 29.2. The van der Waals surface area contributed by atoms with Crippen molar-refractivity contribution in [1.82, 2.24) is 4.90 Å². The second-order valence-corrected chi connectivity index (χ2v) is 12.5. The van der Waals surface area contributed by atoms with E-state index in [0.717, 1.165) is 71.2 Å². The van der Waals surface area contributed by atoms with Gasteiger partial charge in [0.1, 0.15) is 0 Å². The van der Waals surface area contributed by atoms with Crippen LogP contribution in [0.15, 0.2) is 54.6 Å². The molecule has 0 radical (unpaired) electrons. The summed E-state index contributed by atoms with van der Waals surface area (Å²) in [6.07, 6.45) is 9.11. The van der Waals surface area contributed by atoms with Gasteiger partial charge in [-0.25, -0.2) is 0 Å². The van der Waals surface area contributed by atoms with E-state index in [2.05, 4.69) is 64.4 Å². The van der Waals surface area contributed by atoms with Crippen LogP contribution in [0.3, 0.4) is 0 Å². The molecular weight excluding hydrogens is 508 g/mol. The average molecular weight is 553 g/mol. The van der Waals surface area contributed by atoms with Gasteiger partial charge in [0.2, 0.25) is 0 Å². The molecule has 0 N–H and O–H groups in total. The van der Waals surface area contributed by atoms with Crippen LogP contribution in [0.4, 0.5) is 5.69 Å². The van der Waals surface area contributed by atoms with Crippen molar-refractivity contribution in [2.75, 3.05) is 44.7 Å². The van der Waals surface area contributed by atoms with Gasteiger partial charge in [0.05, 0.1) is 30.2 Å². The van der Waals surface area contributed by atoms with E-state index in [4.69, 9.17) is 10.00 Å². The number of rotatable bonds is 11. The Hall–Kier alpha value is -3.35. The summed E-state index contributed by atoms with van der Waals surface area (Å²) in [5.41, 5.74) is 2.68. The third-order valence-corrected chi connectivity index (χ3v) is 10.2. The van der Waals surface area contributed by atoms with Crippen molar-refractivity contribution < 1.29 is 9.53 Å². The van der Waals surface area contributed by atoms with Crippen molar-refractivity contribution in [3.05, 3.63) is 65.7 Å². The molecule has 0 amide bonds. The Morgan fingerprint density at radius 1 is 0.976 bits per heavy atom. The Bertz CT molecular complexity index is 1220. The largest absolute Gasteiger partial charge is 0.469 e. The fourth-order valence-electron chi connectivity index (χ4n) is 8.04. The molecule has 1 saturated carbocycles. The fraction of sp³-hybridized carbons (Fsp3) is 0.571. The predicted octanol–water partition coefficient (Wildman–Crippen LogP) is 6.32. The van der Waals surface area contributed by atoms with Gasteiger partial charge in [-0.05, 0) is 86.4 Å². The maximum absolute atomic E-state index is 11.6. The number of methoxy groups -OCH3 is 1. The van der Waals surface area contributed by atoms with Crippen molar-refractivity contribution in [3.63, 3.8) is 0 Å². The lowest BCUT2D eigenvalue weighted by atomic mass is 9.58. The zero-order chi connectivity index (χ0) is 28.7. The van der Waals surface area contributed by atoms with Crippen LogP contribution >= 0.6 is 0 Å². The monoisotopic (exact) mass is 552 g/mol. The van der Waals surface area contributed by atoms with Gasteiger partial charge >= 0.3 is 5.97 Å². The summed E-state index contributed by atoms with van der Waals surface area (Å²) >= 11 is 0. The first-order valence-corrected chi connectivity index (χ1v) is 15.6. The van der Waals surface area contributed by atoms with Crippen LogP contribution in [0.1, 0.15) is 68.9 Å². The minimum Gasteiger partial charge on any atom is -0.469 e. The number of benzene rings is 2. The molecule has 3 aliphatic rings. The van der Waals surface area contributed by atoms with E-state index < -0.39 is 5.41 Å². The first-order valence-electron chi connectivity index (χ1n) is 15.6. The molecule has 2 aromatic rings. The summed E-state index contributed by atoms with van der Waals surface area (Å²) in [4.78, 5) is 16.6. The molecule has 0 aromatic heterocycles. The van der Waals surface area contributed by atoms with Crippen molar-refractivity contribution in [3.8, 4) is 12.1 Å². The Morgan fingerprint density at radius 3 is 2.37 bits per heavy atom. The minimum atomic E-state index is -0.445. The van der Waals surface area contributed by atoms with Crippen LogP contribution in [0.5, 0.6) is 0 Å². The Kier molecular flexibility index (Phi) is 9.63. The van der Waals surface area contributed by atoms with Crippen LogP contribution in [0, 0.1) is 46.3 Å². The van der Waals surface area contributed by atoms with Gasteiger partial charge in [-0.15, -0.1) is 0 Å². The second-order valence-electron chi connectivity index (χ2n) is 12.5. The molecule has 6 heteroatoms. The summed E-state index contributed by atoms with van der Waals surface area (Å²) in [7, 11) is 1.46. The molecule has 2 aliphatic heterocycles. The highest BCUT2D eigenvalue weighted by Gasteiger charge is 2.51. The number of nitrogens with zero attached hydrogens (tertiary/aromatic N) is 4. The summed E-state index contributed by atoms with van der Waals surface area (Å²) in [6, 6.07) is 23.8. The third kappa shape index (κ3) is 6.44. The molecule has 3 atom stereocenters. The standard InChI is InChI=1S/C35H44N4O2/c1-41-34(40)13-6-5-8-29-9-7-12-33(29)35(26-37,30-10-3-2-4-11-30)31-18-20-38(21-19-31)23-28-24-39(25-28)32-16-14-27(22-36)15-17-32/h2-4,10-11,14-17,28-29,31,33H,5-9,12-13,18-21,23-25H2,1H3/t29-,33-,35?/m0/s1. The number of hydrogen-bond acceptors (Lipinski definition) is 6. The molecule has 0 spiro atoms. The summed E-state index contributed by atoms with van der Waals surface area (Å²) in [5.74, 6) is 1.81. The Morgan fingerprint density at radius 2 is 1.71 bits per heavy atom. The lowest BCUT2D eigenvalue weighted by Crippen LogP contribution is -2.54. The number of hydrogen-bond donors (Lipinski definition) is 0. The second kappa shape index (κ2) is 13.5. The van der Waals surface area contributed by atoms with E-state index in [0.29, 0.717) is 35.7 Å². The number of ether oxygens (including phenoxy) is 1. The van der Waals surface area contributed by atoms with Gasteiger partial charge in [0.25, 0.3) is 0 Å². The molecule has 41 heavy (non-hydrogen) atoms. The van der Waals surface area contributed by atoms with Crippen LogP contribution in [0.25, 0.3) is 0 Å². The predicted molar refractivity (Wildman–Crippen MR) is 161 cm³/mol. The number of carbonyl (C=O) groups excluding carboxylic acids is 1. The van der Waals surface area contributed by atoms with Gasteiger partial charge in [0.15, 0.2) is 0 Å². The number of esters is 1. The molecule has 1 unspecified atom stereocenters. The quantitative estimate of drug-likeness (QED) is 0.240. The van der Waals surface area contributed by atoms with E-state index in [1.165, 1.54) is 31.2 Å². The van der Waals surface area contributed by atoms with Crippen molar-refractivity contribution >= 4 is 11.7 Å². The molecule has 2 saturated heterocycles. The molecule has 216 valence electrons. The molecule has 3 fully saturated rings. The molecule has 1 aliphatic carbocycles. The minimum absolute atomic E-state index is 0.126. The zero-order valence-corrected chi connectivity index (χ0v) is 24.5. The highest BCUT2D eigenvalue weighted by molar-refractivity contribution is 5.68. The van der Waals surface area contributed by atoms with E-state index in [1.807, 2.05) is 12.1 Å². The third-order valence-electron chi connectivity index (χ3n) is 10.2. The number of anilines is 1. The topological polar surface area (TPSA) is 80.4 Å². The van der Waals surface area contributed by atoms with E-state index in [1.54, 1.807) is 0 Å². The number of piperidine rings is 1. The van der Waals surface area contributed by atoms with Crippen LogP contribution in [0.2, 0.25) is 0 Å². The van der Waals surface area contributed by atoms with E-state index in [-0.39, 0.29) is 5.97 Å². The Balaban J connectivity index is 1.20. The number of nitriles is 2. The Labute approximate surface area is 245 Å². The SMILES string of the molecule is COC(=O)CCCC[C@H]1CCC[C@@H]1C(C#N)(c1ccccc1)C1CCN(CC2CN(c3ccc(C#N)cc3)C2)CC1. The molecular formula is C35H44N4O2. The van der Waals surface area contributed by atoms with Crippen LogP contribution in [-0.4, -0.2) is 50.7 Å². The molecule has 0 bridgehead atoms. The average Bonchev–Trinajstić information content (AvgIpc) is 3.47. The number of carbonyl (C=O) groups is 1. The van der Waals surface area contributed by atoms with Crippen LogP contribution < -0.4 is 4.90 Å². The van der Waals surface area contributed by atoms with Crippen molar-refractivity contribution in [2.45, 2.75) is 63.2 Å². The first-order chi connectivity index (χ1) is 20.1. The van der Waals surface area contributed by atoms with Gasteiger partial charge in [-0.1, -0.05) is 56.0 Å². The molecule has 6 nitrogen and oxygen atoms in total. The maximum atomic E-state index is 11.6. The fourth-order valence-corrected chi connectivity index (χ4v) is 8.04. The lowest BCUT2D eigenvalue weighted by Gasteiger charge is -2.48. The highest BCUT2D eigenvalue weighted by atomic mass is 16.5. The van der Waals surface area contributed by atoms with Gasteiger partial charge in [-0.3, -0.25) is 4.79 Å². The lowest BCUT2D eigenvalue weighted by molar-refractivity contribution is -0.140. The summed E-state index contributed by atoms with van der Waals surface area (Å²) in [6.45, 7) is 5.38. The maximum Gasteiger partial charge on any atom is 0.305 e. The normalized spacial score (nSPS) is 23.2. The van der Waals surface area contributed by atoms with Crippen molar-refractivity contribution in [2.24, 2.45) is 23.7 Å². The van der Waals surface area contributed by atoms with Gasteiger partial charge < -0.3 is 14.5 Å². The number of likely N-dealkylation sites (tertiary alicyclic amines) is 1. The summed E-state index contributed by atoms with van der Waals surface area (Å²) < 4.78 is 4.83. The van der Waals surface area contributed by atoms with Crippen molar-refractivity contribution in [1.29, 1.82) is 10.5 Å².